The van der Waals surface area contributed by atoms with Crippen LogP contribution in [0.5, 0.6) is 0 Å². The SMILES string of the molecule is O=Cc1ccc(CC2C(=O)NC(=O)N(CCCS(=O)O)C2=O)cc1. The highest BCUT2D eigenvalue weighted by Crippen LogP contribution is 2.17. The first-order valence-corrected chi connectivity index (χ1v) is 8.47. The lowest BCUT2D eigenvalue weighted by molar-refractivity contribution is -0.142. The first kappa shape index (κ1) is 18.0. The zero-order valence-electron chi connectivity index (χ0n) is 12.6. The zero-order chi connectivity index (χ0) is 17.7. The van der Waals surface area contributed by atoms with Crippen molar-refractivity contribution in [1.29, 1.82) is 0 Å². The summed E-state index contributed by atoms with van der Waals surface area (Å²) in [7, 11) is 0. The Morgan fingerprint density at radius 2 is 1.88 bits per heavy atom. The molecule has 1 aliphatic heterocycles. The third-order valence-corrected chi connectivity index (χ3v) is 4.25. The summed E-state index contributed by atoms with van der Waals surface area (Å²) in [5, 5.41) is 2.12. The molecule has 1 aromatic rings. The van der Waals surface area contributed by atoms with Gasteiger partial charge >= 0.3 is 6.03 Å². The summed E-state index contributed by atoms with van der Waals surface area (Å²) >= 11 is -2.01. The molecule has 1 aromatic carbocycles. The number of aldehydes is 1. The molecule has 1 aliphatic rings. The third-order valence-electron chi connectivity index (χ3n) is 3.61. The number of barbiturate groups is 1. The van der Waals surface area contributed by atoms with Gasteiger partial charge in [0.25, 0.3) is 0 Å². The van der Waals surface area contributed by atoms with Gasteiger partial charge in [0.15, 0.2) is 11.1 Å². The number of benzene rings is 1. The summed E-state index contributed by atoms with van der Waals surface area (Å²) in [6.07, 6.45) is 0.949. The van der Waals surface area contributed by atoms with Crippen molar-refractivity contribution in [2.45, 2.75) is 12.8 Å². The Morgan fingerprint density at radius 3 is 2.46 bits per heavy atom. The van der Waals surface area contributed by atoms with Gasteiger partial charge in [0.2, 0.25) is 11.8 Å². The van der Waals surface area contributed by atoms with Crippen LogP contribution in [0.4, 0.5) is 4.79 Å². The van der Waals surface area contributed by atoms with Gasteiger partial charge in [-0.1, -0.05) is 24.3 Å². The summed E-state index contributed by atoms with van der Waals surface area (Å²) < 4.78 is 19.4. The van der Waals surface area contributed by atoms with Crippen LogP contribution in [-0.4, -0.2) is 50.1 Å². The summed E-state index contributed by atoms with van der Waals surface area (Å²) in [6.45, 7) is -0.0369. The number of hydrogen-bond donors (Lipinski definition) is 2. The van der Waals surface area contributed by atoms with E-state index in [-0.39, 0.29) is 25.1 Å². The second kappa shape index (κ2) is 7.93. The molecule has 2 N–H and O–H groups in total. The van der Waals surface area contributed by atoms with Crippen molar-refractivity contribution in [2.75, 3.05) is 12.3 Å². The third kappa shape index (κ3) is 4.33. The number of rotatable bonds is 7. The lowest BCUT2D eigenvalue weighted by Crippen LogP contribution is -2.58. The number of amides is 4. The fourth-order valence-electron chi connectivity index (χ4n) is 2.37. The molecule has 1 fully saturated rings. The highest BCUT2D eigenvalue weighted by Gasteiger charge is 2.39. The van der Waals surface area contributed by atoms with Crippen molar-refractivity contribution in [1.82, 2.24) is 10.2 Å². The Kier molecular flexibility index (Phi) is 5.93. The Balaban J connectivity index is 2.08. The van der Waals surface area contributed by atoms with E-state index in [0.29, 0.717) is 17.4 Å². The van der Waals surface area contributed by atoms with Crippen LogP contribution >= 0.6 is 0 Å². The van der Waals surface area contributed by atoms with Crippen LogP contribution in [0.1, 0.15) is 22.3 Å². The molecule has 0 spiro atoms. The predicted molar refractivity (Wildman–Crippen MR) is 84.5 cm³/mol. The molecule has 8 nitrogen and oxygen atoms in total. The smallest absolute Gasteiger partial charge is 0.306 e. The number of urea groups is 1. The van der Waals surface area contributed by atoms with E-state index in [1.54, 1.807) is 24.3 Å². The minimum Gasteiger partial charge on any atom is -0.306 e. The van der Waals surface area contributed by atoms with Crippen LogP contribution in [0.15, 0.2) is 24.3 Å². The molecule has 0 radical (unpaired) electrons. The highest BCUT2D eigenvalue weighted by molar-refractivity contribution is 7.79. The summed E-state index contributed by atoms with van der Waals surface area (Å²) in [5.41, 5.74) is 1.16. The second-order valence-electron chi connectivity index (χ2n) is 5.28. The van der Waals surface area contributed by atoms with Crippen LogP contribution in [0.2, 0.25) is 0 Å². The van der Waals surface area contributed by atoms with Gasteiger partial charge in [-0.25, -0.2) is 9.00 Å². The molecular weight excluding hydrogens is 336 g/mol. The standard InChI is InChI=1S/C15H16N2O6S/c18-9-11-4-2-10(3-5-11)8-12-13(19)16-15(21)17(14(12)20)6-1-7-24(22)23/h2-5,9,12H,1,6-8H2,(H,22,23)(H,16,19,21). The van der Waals surface area contributed by atoms with Gasteiger partial charge in [-0.3, -0.25) is 24.6 Å². The first-order valence-electron chi connectivity index (χ1n) is 7.20. The maximum atomic E-state index is 12.4. The molecule has 128 valence electrons. The zero-order valence-corrected chi connectivity index (χ0v) is 13.5. The van der Waals surface area contributed by atoms with Gasteiger partial charge in [-0.2, -0.15) is 0 Å². The number of imide groups is 2. The quantitative estimate of drug-likeness (QED) is 0.415. The summed E-state index contributed by atoms with van der Waals surface area (Å²) in [5.74, 6) is -2.43. The topological polar surface area (TPSA) is 121 Å². The van der Waals surface area contributed by atoms with Gasteiger partial charge in [0.1, 0.15) is 12.2 Å². The molecule has 1 heterocycles. The summed E-state index contributed by atoms with van der Waals surface area (Å²) in [4.78, 5) is 47.6. The van der Waals surface area contributed by atoms with Crippen molar-refractivity contribution in [3.05, 3.63) is 35.4 Å². The Bertz CT molecular complexity index is 688. The summed E-state index contributed by atoms with van der Waals surface area (Å²) in [6, 6.07) is 5.61. The number of nitrogens with one attached hydrogen (secondary N) is 1. The minimum atomic E-state index is -2.01. The molecule has 4 amide bonds. The molecule has 1 saturated heterocycles. The highest BCUT2D eigenvalue weighted by atomic mass is 32.2. The van der Waals surface area contributed by atoms with E-state index >= 15 is 0 Å². The van der Waals surface area contributed by atoms with Gasteiger partial charge in [-0.05, 0) is 18.4 Å². The van der Waals surface area contributed by atoms with E-state index < -0.39 is 34.8 Å². The van der Waals surface area contributed by atoms with E-state index in [0.717, 1.165) is 4.90 Å². The van der Waals surface area contributed by atoms with E-state index in [2.05, 4.69) is 5.32 Å². The predicted octanol–water partition coefficient (Wildman–Crippen LogP) is 0.348. The Hall–Kier alpha value is -2.39. The van der Waals surface area contributed by atoms with Gasteiger partial charge in [-0.15, -0.1) is 0 Å². The van der Waals surface area contributed by atoms with Crippen LogP contribution in [0.3, 0.4) is 0 Å². The molecule has 2 unspecified atom stereocenters. The van der Waals surface area contributed by atoms with Crippen LogP contribution in [0, 0.1) is 5.92 Å². The fraction of sp³-hybridized carbons (Fsp3) is 0.333. The number of hydrogen-bond acceptors (Lipinski definition) is 5. The Labute approximate surface area is 140 Å². The monoisotopic (exact) mass is 352 g/mol. The van der Waals surface area contributed by atoms with Crippen LogP contribution in [0.25, 0.3) is 0 Å². The van der Waals surface area contributed by atoms with Crippen LogP contribution in [-0.2, 0) is 27.1 Å². The second-order valence-corrected chi connectivity index (χ2v) is 6.33. The van der Waals surface area contributed by atoms with E-state index in [1.807, 2.05) is 0 Å². The van der Waals surface area contributed by atoms with Crippen molar-refractivity contribution in [3.8, 4) is 0 Å². The van der Waals surface area contributed by atoms with Crippen molar-refractivity contribution in [3.63, 3.8) is 0 Å². The number of carbonyl (C=O) groups is 4. The normalized spacial score (nSPS) is 19.1. The molecular formula is C15H16N2O6S. The molecule has 2 atom stereocenters. The fourth-order valence-corrected chi connectivity index (χ4v) is 2.74. The molecule has 0 aliphatic carbocycles. The van der Waals surface area contributed by atoms with Gasteiger partial charge in [0, 0.05) is 12.1 Å². The lowest BCUT2D eigenvalue weighted by atomic mass is 9.95. The molecule has 0 aromatic heterocycles. The van der Waals surface area contributed by atoms with E-state index in [9.17, 15) is 23.4 Å². The Morgan fingerprint density at radius 1 is 1.21 bits per heavy atom. The number of carbonyl (C=O) groups excluding carboxylic acids is 4. The molecule has 24 heavy (non-hydrogen) atoms. The maximum absolute atomic E-state index is 12.4. The van der Waals surface area contributed by atoms with E-state index in [4.69, 9.17) is 4.55 Å². The van der Waals surface area contributed by atoms with Gasteiger partial charge in [0.05, 0.1) is 5.75 Å². The largest absolute Gasteiger partial charge is 0.330 e. The maximum Gasteiger partial charge on any atom is 0.330 e. The molecule has 9 heteroatoms. The number of nitrogens with zero attached hydrogens (tertiary/aromatic N) is 1. The van der Waals surface area contributed by atoms with Crippen LogP contribution < -0.4 is 5.32 Å². The molecule has 0 saturated carbocycles. The first-order chi connectivity index (χ1) is 11.4. The minimum absolute atomic E-state index is 0.0369. The van der Waals surface area contributed by atoms with E-state index in [1.165, 1.54) is 0 Å². The van der Waals surface area contributed by atoms with Crippen molar-refractivity contribution < 1.29 is 27.9 Å². The lowest BCUT2D eigenvalue weighted by Gasteiger charge is -2.30. The van der Waals surface area contributed by atoms with Crippen molar-refractivity contribution >= 4 is 35.2 Å². The molecule has 2 rings (SSSR count). The average molecular weight is 352 g/mol. The van der Waals surface area contributed by atoms with Gasteiger partial charge < -0.3 is 4.55 Å². The molecule has 0 bridgehead atoms. The average Bonchev–Trinajstić information content (AvgIpc) is 2.55. The van der Waals surface area contributed by atoms with Crippen molar-refractivity contribution in [2.24, 2.45) is 5.92 Å².